The topological polar surface area (TPSA) is 96.6 Å². The number of piperazine rings is 1. The van der Waals surface area contributed by atoms with Gasteiger partial charge in [-0.15, -0.1) is 0 Å². The second kappa shape index (κ2) is 9.60. The number of ether oxygens (including phenoxy) is 1. The van der Waals surface area contributed by atoms with Crippen molar-refractivity contribution < 1.29 is 13.9 Å². The number of nitrogen functional groups attached to an aromatic ring is 1. The maximum atomic E-state index is 15.3. The smallest absolute Gasteiger partial charge is 0.337 e. The number of hydrogen-bond donors (Lipinski definition) is 2. The molecule has 1 aliphatic rings. The van der Waals surface area contributed by atoms with Crippen molar-refractivity contribution in [2.45, 2.75) is 0 Å². The highest BCUT2D eigenvalue weighted by molar-refractivity contribution is 6.32. The number of carbonyl (C=O) groups is 1. The van der Waals surface area contributed by atoms with E-state index in [2.05, 4.69) is 32.1 Å². The third kappa shape index (κ3) is 4.84. The Kier molecular flexibility index (Phi) is 6.62. The van der Waals surface area contributed by atoms with Crippen LogP contribution in [0, 0.1) is 5.82 Å². The lowest BCUT2D eigenvalue weighted by atomic mass is 10.0. The molecular weight excluding hydrogens is 447 g/mol. The first-order valence-corrected chi connectivity index (χ1v) is 10.7. The van der Waals surface area contributed by atoms with Crippen LogP contribution in [0.5, 0.6) is 0 Å². The fourth-order valence-electron chi connectivity index (χ4n) is 3.70. The van der Waals surface area contributed by atoms with Gasteiger partial charge in [0.25, 0.3) is 0 Å². The third-order valence-electron chi connectivity index (χ3n) is 5.63. The van der Waals surface area contributed by atoms with Gasteiger partial charge in [-0.25, -0.2) is 19.2 Å². The van der Waals surface area contributed by atoms with Gasteiger partial charge >= 0.3 is 5.97 Å². The Bertz CT molecular complexity index is 1170. The van der Waals surface area contributed by atoms with Gasteiger partial charge in [-0.05, 0) is 36.9 Å². The second-order valence-corrected chi connectivity index (χ2v) is 8.12. The van der Waals surface area contributed by atoms with E-state index in [0.717, 1.165) is 26.2 Å². The maximum absolute atomic E-state index is 15.3. The Morgan fingerprint density at radius 3 is 2.52 bits per heavy atom. The minimum absolute atomic E-state index is 0.134. The van der Waals surface area contributed by atoms with Crippen molar-refractivity contribution in [3.05, 3.63) is 59.3 Å². The van der Waals surface area contributed by atoms with Gasteiger partial charge in [0.05, 0.1) is 24.0 Å². The van der Waals surface area contributed by atoms with Gasteiger partial charge in [-0.2, -0.15) is 0 Å². The highest BCUT2D eigenvalue weighted by atomic mass is 35.5. The molecule has 0 saturated carbocycles. The van der Waals surface area contributed by atoms with Crippen LogP contribution >= 0.6 is 11.6 Å². The number of methoxy groups -OCH3 is 1. The lowest BCUT2D eigenvalue weighted by molar-refractivity contribution is 0.0600. The first kappa shape index (κ1) is 22.8. The van der Waals surface area contributed by atoms with E-state index >= 15 is 4.39 Å². The van der Waals surface area contributed by atoms with Gasteiger partial charge in [-0.1, -0.05) is 23.7 Å². The number of carbonyl (C=O) groups excluding carboxylic acids is 1. The molecule has 0 unspecified atom stereocenters. The summed E-state index contributed by atoms with van der Waals surface area (Å²) in [4.78, 5) is 24.2. The van der Waals surface area contributed by atoms with Crippen LogP contribution in [0.1, 0.15) is 10.4 Å². The number of nitrogens with zero attached hydrogens (tertiary/aromatic N) is 4. The lowest BCUT2D eigenvalue weighted by Gasteiger charge is -2.35. The van der Waals surface area contributed by atoms with Gasteiger partial charge in [0.15, 0.2) is 11.0 Å². The summed E-state index contributed by atoms with van der Waals surface area (Å²) in [6.07, 6.45) is 1.31. The number of hydrogen-bond acceptors (Lipinski definition) is 8. The van der Waals surface area contributed by atoms with E-state index in [9.17, 15) is 4.79 Å². The van der Waals surface area contributed by atoms with E-state index in [1.807, 2.05) is 0 Å². The van der Waals surface area contributed by atoms with Crippen LogP contribution in [-0.2, 0) is 4.74 Å². The summed E-state index contributed by atoms with van der Waals surface area (Å²) in [5.74, 6) is -0.496. The van der Waals surface area contributed by atoms with Crippen molar-refractivity contribution in [1.82, 2.24) is 14.9 Å². The Morgan fingerprint density at radius 2 is 1.85 bits per heavy atom. The molecule has 8 nitrogen and oxygen atoms in total. The van der Waals surface area contributed by atoms with E-state index < -0.39 is 5.97 Å². The summed E-state index contributed by atoms with van der Waals surface area (Å²) in [6, 6.07) is 9.79. The predicted octanol–water partition coefficient (Wildman–Crippen LogP) is 3.80. The standard InChI is InChI=1S/C23H24ClFN6O2/c1-30-7-9-31(10-8-30)19-12-17(25)16(14-3-5-15(6-4-14)23(32)33-2)11-18(19)29-22-20(26)21(24)27-13-28-22/h3-6,11-13H,7-10,26H2,1-2H3,(H,27,28,29). The molecule has 10 heteroatoms. The Morgan fingerprint density at radius 1 is 1.15 bits per heavy atom. The molecule has 3 N–H and O–H groups in total. The summed E-state index contributed by atoms with van der Waals surface area (Å²) in [7, 11) is 3.37. The zero-order valence-corrected chi connectivity index (χ0v) is 19.1. The average Bonchev–Trinajstić information content (AvgIpc) is 2.83. The number of anilines is 4. The van der Waals surface area contributed by atoms with Crippen molar-refractivity contribution >= 4 is 40.5 Å². The Hall–Kier alpha value is -3.43. The first-order chi connectivity index (χ1) is 15.9. The molecule has 4 rings (SSSR count). The number of aromatic nitrogens is 2. The van der Waals surface area contributed by atoms with E-state index in [4.69, 9.17) is 22.1 Å². The SMILES string of the molecule is COC(=O)c1ccc(-c2cc(Nc3ncnc(Cl)c3N)c(N3CCN(C)CC3)cc2F)cc1. The third-order valence-corrected chi connectivity index (χ3v) is 5.94. The van der Waals surface area contributed by atoms with Crippen molar-refractivity contribution in [2.24, 2.45) is 0 Å². The quantitative estimate of drug-likeness (QED) is 0.429. The van der Waals surface area contributed by atoms with Crippen LogP contribution in [0.25, 0.3) is 11.1 Å². The predicted molar refractivity (Wildman–Crippen MR) is 128 cm³/mol. The van der Waals surface area contributed by atoms with E-state index in [1.54, 1.807) is 30.3 Å². The highest BCUT2D eigenvalue weighted by Crippen LogP contribution is 2.37. The molecule has 1 aromatic heterocycles. The lowest BCUT2D eigenvalue weighted by Crippen LogP contribution is -2.44. The minimum atomic E-state index is -0.453. The number of nitrogens with two attached hydrogens (primary N) is 1. The van der Waals surface area contributed by atoms with Crippen molar-refractivity contribution in [2.75, 3.05) is 56.3 Å². The molecule has 2 aromatic carbocycles. The number of esters is 1. The highest BCUT2D eigenvalue weighted by Gasteiger charge is 2.21. The van der Waals surface area contributed by atoms with Crippen molar-refractivity contribution in [3.63, 3.8) is 0 Å². The van der Waals surface area contributed by atoms with Gasteiger partial charge in [0.2, 0.25) is 0 Å². The molecule has 2 heterocycles. The Labute approximate surface area is 196 Å². The Balaban J connectivity index is 1.77. The van der Waals surface area contributed by atoms with Crippen molar-refractivity contribution in [3.8, 4) is 11.1 Å². The molecule has 0 radical (unpaired) electrons. The largest absolute Gasteiger partial charge is 0.465 e. The summed E-state index contributed by atoms with van der Waals surface area (Å²) in [6.45, 7) is 3.22. The van der Waals surface area contributed by atoms with Crippen LogP contribution in [0.15, 0.2) is 42.7 Å². The summed E-state index contributed by atoms with van der Waals surface area (Å²) in [5.41, 5.74) is 8.96. The number of benzene rings is 2. The normalized spacial score (nSPS) is 14.2. The van der Waals surface area contributed by atoms with E-state index in [0.29, 0.717) is 33.9 Å². The van der Waals surface area contributed by atoms with Crippen LogP contribution in [0.2, 0.25) is 5.15 Å². The van der Waals surface area contributed by atoms with Crippen LogP contribution in [0.4, 0.5) is 27.3 Å². The molecule has 0 bridgehead atoms. The average molecular weight is 471 g/mol. The molecule has 172 valence electrons. The molecule has 1 saturated heterocycles. The van der Waals surface area contributed by atoms with Crippen LogP contribution in [0.3, 0.4) is 0 Å². The molecule has 33 heavy (non-hydrogen) atoms. The zero-order valence-electron chi connectivity index (χ0n) is 18.3. The van der Waals surface area contributed by atoms with E-state index in [-0.39, 0.29) is 16.7 Å². The molecule has 0 amide bonds. The molecule has 0 spiro atoms. The maximum Gasteiger partial charge on any atom is 0.337 e. The molecule has 1 aliphatic heterocycles. The number of likely N-dealkylation sites (N-methyl/N-ethyl adjacent to an activating group) is 1. The second-order valence-electron chi connectivity index (χ2n) is 7.76. The summed E-state index contributed by atoms with van der Waals surface area (Å²) < 4.78 is 20.1. The minimum Gasteiger partial charge on any atom is -0.465 e. The van der Waals surface area contributed by atoms with Crippen LogP contribution < -0.4 is 16.0 Å². The van der Waals surface area contributed by atoms with Crippen LogP contribution in [-0.4, -0.2) is 61.2 Å². The summed E-state index contributed by atoms with van der Waals surface area (Å²) in [5, 5.41) is 3.34. The van der Waals surface area contributed by atoms with E-state index in [1.165, 1.54) is 19.5 Å². The zero-order chi connectivity index (χ0) is 23.5. The number of rotatable bonds is 5. The van der Waals surface area contributed by atoms with Gasteiger partial charge < -0.3 is 25.6 Å². The molecule has 0 aliphatic carbocycles. The summed E-state index contributed by atoms with van der Waals surface area (Å²) >= 11 is 6.06. The monoisotopic (exact) mass is 470 g/mol. The first-order valence-electron chi connectivity index (χ1n) is 10.4. The van der Waals surface area contributed by atoms with Crippen molar-refractivity contribution in [1.29, 1.82) is 0 Å². The molecule has 1 fully saturated rings. The molecular formula is C23H24ClFN6O2. The fourth-order valence-corrected chi connectivity index (χ4v) is 3.83. The number of nitrogens with one attached hydrogen (secondary N) is 1. The van der Waals surface area contributed by atoms with Gasteiger partial charge in [0, 0.05) is 31.7 Å². The van der Waals surface area contributed by atoms with Gasteiger partial charge in [0.1, 0.15) is 17.8 Å². The molecule has 3 aromatic rings. The van der Waals surface area contributed by atoms with Gasteiger partial charge in [-0.3, -0.25) is 0 Å². The number of halogens is 2. The molecule has 0 atom stereocenters. The fraction of sp³-hybridized carbons (Fsp3) is 0.261.